The summed E-state index contributed by atoms with van der Waals surface area (Å²) in [5.41, 5.74) is 1.03. The van der Waals surface area contributed by atoms with Crippen LogP contribution in [0, 0.1) is 11.3 Å². The number of nitrogens with zero attached hydrogens (tertiary/aromatic N) is 2. The molecule has 0 aliphatic carbocycles. The van der Waals surface area contributed by atoms with Gasteiger partial charge in [0.05, 0.1) is 30.0 Å². The Morgan fingerprint density at radius 2 is 2.07 bits per heavy atom. The Balaban J connectivity index is 1.67. The van der Waals surface area contributed by atoms with E-state index in [2.05, 4.69) is 0 Å². The van der Waals surface area contributed by atoms with Crippen molar-refractivity contribution in [1.82, 2.24) is 4.90 Å². The van der Waals surface area contributed by atoms with E-state index in [0.29, 0.717) is 30.8 Å². The first kappa shape index (κ1) is 20.5. The molecule has 1 atom stereocenters. The molecular formula is C20H22N2O4S2. The minimum atomic E-state index is -3.62. The number of carbonyl (C=O) groups excluding carboxylic acids is 1. The number of thiophene rings is 1. The van der Waals surface area contributed by atoms with Crippen molar-refractivity contribution in [3.63, 3.8) is 0 Å². The molecule has 0 saturated carbocycles. The van der Waals surface area contributed by atoms with Crippen molar-refractivity contribution in [3.05, 3.63) is 57.8 Å². The first-order valence-corrected chi connectivity index (χ1v) is 11.8. The summed E-state index contributed by atoms with van der Waals surface area (Å²) in [6.45, 7) is 1.48. The van der Waals surface area contributed by atoms with E-state index < -0.39 is 21.5 Å². The van der Waals surface area contributed by atoms with Gasteiger partial charge in [-0.1, -0.05) is 18.2 Å². The lowest BCUT2D eigenvalue weighted by Crippen LogP contribution is -2.40. The van der Waals surface area contributed by atoms with Gasteiger partial charge in [0.15, 0.2) is 9.84 Å². The Labute approximate surface area is 169 Å². The van der Waals surface area contributed by atoms with E-state index in [-0.39, 0.29) is 11.9 Å². The number of carbonyl (C=O) groups is 1. The second-order valence-corrected chi connectivity index (χ2v) is 9.93. The third-order valence-corrected chi connectivity index (χ3v) is 6.86. The molecule has 6 nitrogen and oxygen atoms in total. The highest BCUT2D eigenvalue weighted by Gasteiger charge is 2.26. The highest BCUT2D eigenvalue weighted by Crippen LogP contribution is 2.18. The topological polar surface area (TPSA) is 87.5 Å². The molecular weight excluding hydrogens is 396 g/mol. The maximum absolute atomic E-state index is 12.8. The van der Waals surface area contributed by atoms with Crippen LogP contribution < -0.4 is 0 Å². The third-order valence-electron chi connectivity index (χ3n) is 4.54. The quantitative estimate of drug-likeness (QED) is 0.658. The number of nitriles is 1. The Hall–Kier alpha value is -2.21. The molecule has 1 unspecified atom stereocenters. The molecule has 1 fully saturated rings. The van der Waals surface area contributed by atoms with Crippen LogP contribution in [0.2, 0.25) is 0 Å². The molecule has 0 bridgehead atoms. The Morgan fingerprint density at radius 3 is 2.68 bits per heavy atom. The van der Waals surface area contributed by atoms with Gasteiger partial charge in [-0.2, -0.15) is 5.26 Å². The number of sulfone groups is 1. The molecule has 3 rings (SSSR count). The second kappa shape index (κ2) is 9.32. The van der Waals surface area contributed by atoms with E-state index in [1.54, 1.807) is 40.5 Å². The predicted octanol–water partition coefficient (Wildman–Crippen LogP) is 2.74. The highest BCUT2D eigenvalue weighted by molar-refractivity contribution is 7.91. The minimum absolute atomic E-state index is 0.0369. The molecule has 0 N–H and O–H groups in total. The zero-order valence-electron chi connectivity index (χ0n) is 15.4. The molecule has 2 aromatic rings. The lowest BCUT2D eigenvalue weighted by Gasteiger charge is -2.25. The molecule has 148 valence electrons. The monoisotopic (exact) mass is 418 g/mol. The molecule has 0 radical (unpaired) electrons. The van der Waals surface area contributed by atoms with Crippen molar-refractivity contribution in [3.8, 4) is 6.07 Å². The first-order chi connectivity index (χ1) is 13.4. The van der Waals surface area contributed by atoms with Crippen LogP contribution in [0.3, 0.4) is 0 Å². The SMILES string of the molecule is N#Cc1ccc(CS(=O)(=O)CC(=O)N(Cc2cccs2)CC2CCCO2)cc1. The summed E-state index contributed by atoms with van der Waals surface area (Å²) >= 11 is 1.54. The highest BCUT2D eigenvalue weighted by atomic mass is 32.2. The zero-order chi connectivity index (χ0) is 20.0. The fourth-order valence-corrected chi connectivity index (χ4v) is 5.22. The standard InChI is InChI=1S/C20H22N2O4S2/c21-11-16-5-7-17(8-6-16)14-28(24,25)15-20(23)22(12-18-3-1-9-26-18)13-19-4-2-10-27-19/h2,4-8,10,18H,1,3,9,12-15H2. The van der Waals surface area contributed by atoms with Gasteiger partial charge in [0.25, 0.3) is 0 Å². The van der Waals surface area contributed by atoms with Gasteiger partial charge >= 0.3 is 0 Å². The molecule has 28 heavy (non-hydrogen) atoms. The number of hydrogen-bond acceptors (Lipinski definition) is 6. The maximum atomic E-state index is 12.8. The fourth-order valence-electron chi connectivity index (χ4n) is 3.14. The lowest BCUT2D eigenvalue weighted by atomic mass is 10.2. The lowest BCUT2D eigenvalue weighted by molar-refractivity contribution is -0.130. The van der Waals surface area contributed by atoms with Crippen LogP contribution in [0.15, 0.2) is 41.8 Å². The Kier molecular flexibility index (Phi) is 6.83. The maximum Gasteiger partial charge on any atom is 0.238 e. The summed E-state index contributed by atoms with van der Waals surface area (Å²) in [4.78, 5) is 15.4. The molecule has 8 heteroatoms. The summed E-state index contributed by atoms with van der Waals surface area (Å²) in [7, 11) is -3.62. The van der Waals surface area contributed by atoms with Crippen LogP contribution in [-0.4, -0.2) is 44.2 Å². The summed E-state index contributed by atoms with van der Waals surface area (Å²) in [5, 5.41) is 10.8. The van der Waals surface area contributed by atoms with Gasteiger partial charge in [-0.05, 0) is 42.0 Å². The third kappa shape index (κ3) is 5.89. The number of ether oxygens (including phenoxy) is 1. The number of hydrogen-bond donors (Lipinski definition) is 0. The van der Waals surface area contributed by atoms with Gasteiger partial charge in [0, 0.05) is 18.0 Å². The zero-order valence-corrected chi connectivity index (χ0v) is 17.0. The first-order valence-electron chi connectivity index (χ1n) is 9.06. The summed E-state index contributed by atoms with van der Waals surface area (Å²) in [6, 6.07) is 12.2. The average Bonchev–Trinajstić information content (AvgIpc) is 3.35. The summed E-state index contributed by atoms with van der Waals surface area (Å²) < 4.78 is 30.8. The van der Waals surface area contributed by atoms with Gasteiger partial charge in [-0.25, -0.2) is 8.42 Å². The molecule has 1 saturated heterocycles. The van der Waals surface area contributed by atoms with Crippen LogP contribution in [0.25, 0.3) is 0 Å². The van der Waals surface area contributed by atoms with Crippen molar-refractivity contribution in [2.75, 3.05) is 18.9 Å². The van der Waals surface area contributed by atoms with Crippen molar-refractivity contribution in [2.24, 2.45) is 0 Å². The van der Waals surface area contributed by atoms with Gasteiger partial charge in [0.1, 0.15) is 5.75 Å². The molecule has 0 spiro atoms. The van der Waals surface area contributed by atoms with E-state index in [1.807, 2.05) is 23.6 Å². The van der Waals surface area contributed by atoms with Crippen LogP contribution in [0.5, 0.6) is 0 Å². The minimum Gasteiger partial charge on any atom is -0.376 e. The van der Waals surface area contributed by atoms with Crippen LogP contribution >= 0.6 is 11.3 Å². The smallest absolute Gasteiger partial charge is 0.238 e. The van der Waals surface area contributed by atoms with Crippen LogP contribution in [0.1, 0.15) is 28.8 Å². The molecule has 1 aromatic carbocycles. The van der Waals surface area contributed by atoms with Crippen molar-refractivity contribution in [1.29, 1.82) is 5.26 Å². The van der Waals surface area contributed by atoms with Gasteiger partial charge in [-0.3, -0.25) is 4.79 Å². The Bertz CT molecular complexity index is 926. The largest absolute Gasteiger partial charge is 0.376 e. The van der Waals surface area contributed by atoms with Crippen molar-refractivity contribution < 1.29 is 17.9 Å². The van der Waals surface area contributed by atoms with Crippen molar-refractivity contribution in [2.45, 2.75) is 31.2 Å². The average molecular weight is 419 g/mol. The van der Waals surface area contributed by atoms with E-state index >= 15 is 0 Å². The number of amides is 1. The molecule has 1 aliphatic heterocycles. The Morgan fingerprint density at radius 1 is 1.29 bits per heavy atom. The van der Waals surface area contributed by atoms with Gasteiger partial charge in [-0.15, -0.1) is 11.3 Å². The van der Waals surface area contributed by atoms with Gasteiger partial charge < -0.3 is 9.64 Å². The van der Waals surface area contributed by atoms with Crippen LogP contribution in [-0.2, 0) is 31.7 Å². The van der Waals surface area contributed by atoms with E-state index in [0.717, 1.165) is 17.7 Å². The number of rotatable bonds is 8. The normalized spacial score (nSPS) is 16.6. The summed E-state index contributed by atoms with van der Waals surface area (Å²) in [6.07, 6.45) is 1.81. The second-order valence-electron chi connectivity index (χ2n) is 6.83. The molecule has 1 aliphatic rings. The van der Waals surface area contributed by atoms with E-state index in [9.17, 15) is 13.2 Å². The van der Waals surface area contributed by atoms with E-state index in [4.69, 9.17) is 10.00 Å². The van der Waals surface area contributed by atoms with Gasteiger partial charge in [0.2, 0.25) is 5.91 Å². The predicted molar refractivity (Wildman–Crippen MR) is 107 cm³/mol. The molecule has 1 amide bonds. The number of benzene rings is 1. The van der Waals surface area contributed by atoms with Crippen LogP contribution in [0.4, 0.5) is 0 Å². The molecule has 2 heterocycles. The summed E-state index contributed by atoms with van der Waals surface area (Å²) in [5.74, 6) is -1.17. The molecule has 1 aromatic heterocycles. The van der Waals surface area contributed by atoms with E-state index in [1.165, 1.54) is 0 Å². The fraction of sp³-hybridized carbons (Fsp3) is 0.400. The van der Waals surface area contributed by atoms with Crippen molar-refractivity contribution >= 4 is 27.1 Å².